The molecule has 1 atom stereocenters. The van der Waals surface area contributed by atoms with E-state index in [-0.39, 0.29) is 6.10 Å². The van der Waals surface area contributed by atoms with Gasteiger partial charge in [0.05, 0.1) is 31.1 Å². The summed E-state index contributed by atoms with van der Waals surface area (Å²) < 4.78 is 11.5. The van der Waals surface area contributed by atoms with E-state index in [0.717, 1.165) is 51.1 Å². The summed E-state index contributed by atoms with van der Waals surface area (Å²) >= 11 is 0. The first-order valence-corrected chi connectivity index (χ1v) is 6.39. The molecule has 1 saturated heterocycles. The Hall–Kier alpha value is -0.650. The Labute approximate surface area is 102 Å². The van der Waals surface area contributed by atoms with Gasteiger partial charge in [0.1, 0.15) is 0 Å². The van der Waals surface area contributed by atoms with Gasteiger partial charge in [-0.05, 0) is 32.7 Å². The van der Waals surface area contributed by atoms with Crippen LogP contribution < -0.4 is 0 Å². The zero-order valence-corrected chi connectivity index (χ0v) is 10.5. The maximum atomic E-state index is 8.66. The summed E-state index contributed by atoms with van der Waals surface area (Å²) in [5.41, 5.74) is 0.901. The van der Waals surface area contributed by atoms with Crippen molar-refractivity contribution in [1.29, 1.82) is 0 Å². The lowest BCUT2D eigenvalue weighted by Gasteiger charge is -2.31. The first-order chi connectivity index (χ1) is 8.28. The van der Waals surface area contributed by atoms with Crippen LogP contribution in [0.2, 0.25) is 0 Å². The van der Waals surface area contributed by atoms with E-state index in [4.69, 9.17) is 14.7 Å². The van der Waals surface area contributed by atoms with Crippen LogP contribution in [0.1, 0.15) is 25.7 Å². The zero-order chi connectivity index (χ0) is 12.1. The molecule has 0 aromatic carbocycles. The molecule has 1 N–H and O–H groups in total. The number of morpholine rings is 1. The lowest BCUT2D eigenvalue weighted by Crippen LogP contribution is -2.43. The van der Waals surface area contributed by atoms with E-state index < -0.39 is 0 Å². The van der Waals surface area contributed by atoms with Crippen LogP contribution >= 0.6 is 0 Å². The van der Waals surface area contributed by atoms with Gasteiger partial charge in [0, 0.05) is 13.1 Å². The Bertz CT molecular complexity index is 260. The van der Waals surface area contributed by atoms with Crippen molar-refractivity contribution >= 4 is 5.71 Å². The average molecular weight is 242 g/mol. The average Bonchev–Trinajstić information content (AvgIpc) is 2.37. The number of rotatable bonds is 3. The monoisotopic (exact) mass is 242 g/mol. The second-order valence-electron chi connectivity index (χ2n) is 4.95. The van der Waals surface area contributed by atoms with Gasteiger partial charge < -0.3 is 19.6 Å². The quantitative estimate of drug-likeness (QED) is 0.595. The third-order valence-corrected chi connectivity index (χ3v) is 3.51. The summed E-state index contributed by atoms with van der Waals surface area (Å²) in [4.78, 5) is 2.27. The highest BCUT2D eigenvalue weighted by Gasteiger charge is 2.22. The van der Waals surface area contributed by atoms with E-state index in [0.29, 0.717) is 12.7 Å². The van der Waals surface area contributed by atoms with Crippen molar-refractivity contribution in [2.45, 2.75) is 37.9 Å². The van der Waals surface area contributed by atoms with Crippen LogP contribution in [0.15, 0.2) is 5.16 Å². The number of likely N-dealkylation sites (N-methyl/N-ethyl adjacent to an activating group) is 1. The molecule has 2 rings (SSSR count). The Kier molecular flexibility index (Phi) is 4.76. The van der Waals surface area contributed by atoms with Crippen molar-refractivity contribution in [1.82, 2.24) is 4.90 Å². The smallest absolute Gasteiger partial charge is 0.0935 e. The van der Waals surface area contributed by atoms with Crippen LogP contribution in [0.3, 0.4) is 0 Å². The number of nitrogens with zero attached hydrogens (tertiary/aromatic N) is 2. The summed E-state index contributed by atoms with van der Waals surface area (Å²) in [6.07, 6.45) is 4.14. The fourth-order valence-corrected chi connectivity index (χ4v) is 2.40. The molecule has 0 aromatic rings. The molecular formula is C12H22N2O3. The maximum absolute atomic E-state index is 8.66. The molecule has 0 aromatic heterocycles. The molecule has 2 fully saturated rings. The number of hydrogen-bond donors (Lipinski definition) is 1. The van der Waals surface area contributed by atoms with Gasteiger partial charge in [-0.2, -0.15) is 0 Å². The number of oxime groups is 1. The molecule has 1 heterocycles. The highest BCUT2D eigenvalue weighted by molar-refractivity contribution is 5.84. The van der Waals surface area contributed by atoms with E-state index in [1.54, 1.807) is 0 Å². The molecule has 98 valence electrons. The van der Waals surface area contributed by atoms with Gasteiger partial charge in [0.15, 0.2) is 0 Å². The minimum Gasteiger partial charge on any atom is -0.411 e. The molecule has 0 radical (unpaired) electrons. The van der Waals surface area contributed by atoms with Crippen molar-refractivity contribution in [2.75, 3.05) is 33.4 Å². The van der Waals surface area contributed by atoms with E-state index >= 15 is 0 Å². The fourth-order valence-electron chi connectivity index (χ4n) is 2.40. The van der Waals surface area contributed by atoms with Crippen LogP contribution in [0.25, 0.3) is 0 Å². The normalized spacial score (nSPS) is 31.5. The van der Waals surface area contributed by atoms with E-state index in [1.807, 2.05) is 0 Å². The zero-order valence-electron chi connectivity index (χ0n) is 10.5. The molecule has 5 heteroatoms. The second kappa shape index (κ2) is 6.33. The van der Waals surface area contributed by atoms with E-state index in [1.165, 1.54) is 0 Å². The molecule has 17 heavy (non-hydrogen) atoms. The summed E-state index contributed by atoms with van der Waals surface area (Å²) in [7, 11) is 2.11. The predicted octanol–water partition coefficient (Wildman–Crippen LogP) is 1.11. The van der Waals surface area contributed by atoms with Gasteiger partial charge in [-0.1, -0.05) is 5.16 Å². The molecule has 0 spiro atoms. The van der Waals surface area contributed by atoms with Crippen molar-refractivity contribution in [3.63, 3.8) is 0 Å². The molecule has 0 amide bonds. The van der Waals surface area contributed by atoms with Crippen molar-refractivity contribution in [2.24, 2.45) is 5.16 Å². The highest BCUT2D eigenvalue weighted by atomic mass is 16.5. The van der Waals surface area contributed by atoms with E-state index in [2.05, 4.69) is 17.1 Å². The van der Waals surface area contributed by atoms with Crippen LogP contribution in [-0.2, 0) is 9.47 Å². The summed E-state index contributed by atoms with van der Waals surface area (Å²) in [5.74, 6) is 0. The molecule has 1 aliphatic carbocycles. The summed E-state index contributed by atoms with van der Waals surface area (Å²) in [6, 6.07) is 0. The van der Waals surface area contributed by atoms with Crippen molar-refractivity contribution in [3.8, 4) is 0 Å². The number of ether oxygens (including phenoxy) is 2. The van der Waals surface area contributed by atoms with Gasteiger partial charge in [0.25, 0.3) is 0 Å². The Morgan fingerprint density at radius 3 is 2.88 bits per heavy atom. The molecule has 2 aliphatic rings. The SMILES string of the molecule is CN1CCOC(COC2CCC(=NO)CC2)C1. The molecule has 0 bridgehead atoms. The Morgan fingerprint density at radius 1 is 1.47 bits per heavy atom. The number of hydrogen-bond acceptors (Lipinski definition) is 5. The third kappa shape index (κ3) is 3.94. The molecule has 1 saturated carbocycles. The van der Waals surface area contributed by atoms with Crippen LogP contribution in [0, 0.1) is 0 Å². The molecular weight excluding hydrogens is 220 g/mol. The lowest BCUT2D eigenvalue weighted by atomic mass is 9.96. The third-order valence-electron chi connectivity index (χ3n) is 3.51. The van der Waals surface area contributed by atoms with E-state index in [9.17, 15) is 0 Å². The van der Waals surface area contributed by atoms with Crippen molar-refractivity contribution in [3.05, 3.63) is 0 Å². The molecule has 5 nitrogen and oxygen atoms in total. The fraction of sp³-hybridized carbons (Fsp3) is 0.917. The largest absolute Gasteiger partial charge is 0.411 e. The first-order valence-electron chi connectivity index (χ1n) is 6.39. The summed E-state index contributed by atoms with van der Waals surface area (Å²) in [5, 5.41) is 11.9. The minimum atomic E-state index is 0.210. The van der Waals surface area contributed by atoms with Crippen LogP contribution in [0.5, 0.6) is 0 Å². The van der Waals surface area contributed by atoms with Crippen molar-refractivity contribution < 1.29 is 14.7 Å². The molecule has 1 aliphatic heterocycles. The van der Waals surface area contributed by atoms with Gasteiger partial charge in [0.2, 0.25) is 0 Å². The lowest BCUT2D eigenvalue weighted by molar-refractivity contribution is -0.0830. The maximum Gasteiger partial charge on any atom is 0.0935 e. The minimum absolute atomic E-state index is 0.210. The first kappa shape index (κ1) is 12.8. The standard InChI is InChI=1S/C12H22N2O3/c1-14-6-7-16-12(8-14)9-17-11-4-2-10(13-15)3-5-11/h11-12,15H,2-9H2,1H3. The molecule has 1 unspecified atom stereocenters. The van der Waals surface area contributed by atoms with Crippen LogP contribution in [-0.4, -0.2) is 61.4 Å². The van der Waals surface area contributed by atoms with Crippen LogP contribution in [0.4, 0.5) is 0 Å². The van der Waals surface area contributed by atoms with Gasteiger partial charge in [-0.3, -0.25) is 0 Å². The van der Waals surface area contributed by atoms with Gasteiger partial charge in [-0.15, -0.1) is 0 Å². The van der Waals surface area contributed by atoms with Gasteiger partial charge >= 0.3 is 0 Å². The second-order valence-corrected chi connectivity index (χ2v) is 4.95. The summed E-state index contributed by atoms with van der Waals surface area (Å²) in [6.45, 7) is 3.45. The highest BCUT2D eigenvalue weighted by Crippen LogP contribution is 2.19. The Morgan fingerprint density at radius 2 is 2.24 bits per heavy atom. The Balaban J connectivity index is 1.65. The van der Waals surface area contributed by atoms with Gasteiger partial charge in [-0.25, -0.2) is 0 Å². The topological polar surface area (TPSA) is 54.3 Å². The predicted molar refractivity (Wildman–Crippen MR) is 64.7 cm³/mol.